The fourth-order valence-electron chi connectivity index (χ4n) is 3.73. The number of imide groups is 2. The zero-order valence-electron chi connectivity index (χ0n) is 14.6. The normalized spacial score (nSPS) is 32.5. The van der Waals surface area contributed by atoms with Crippen LogP contribution >= 0.6 is 0 Å². The first-order chi connectivity index (χ1) is 12.3. The Kier molecular flexibility index (Phi) is 5.08. The number of hydrogen-bond donors (Lipinski definition) is 1. The van der Waals surface area contributed by atoms with E-state index in [1.807, 2.05) is 0 Å². The Labute approximate surface area is 150 Å². The zero-order valence-corrected chi connectivity index (χ0v) is 14.6. The molecule has 2 aliphatic heterocycles. The molecule has 9 nitrogen and oxygen atoms in total. The lowest BCUT2D eigenvalue weighted by molar-refractivity contribution is -0.202. The number of hydrogen-bond acceptors (Lipinski definition) is 7. The van der Waals surface area contributed by atoms with Gasteiger partial charge < -0.3 is 9.94 Å². The van der Waals surface area contributed by atoms with Gasteiger partial charge in [-0.05, 0) is 31.6 Å². The van der Waals surface area contributed by atoms with E-state index in [-0.39, 0.29) is 36.5 Å². The average Bonchev–Trinajstić information content (AvgIpc) is 2.98. The predicted molar refractivity (Wildman–Crippen MR) is 84.5 cm³/mol. The molecule has 0 bridgehead atoms. The molecule has 2 heterocycles. The number of amides is 4. The third kappa shape index (κ3) is 3.48. The van der Waals surface area contributed by atoms with Gasteiger partial charge in [0.05, 0.1) is 12.3 Å². The molecular formula is C17H22N2O7. The molecule has 0 aromatic heterocycles. The van der Waals surface area contributed by atoms with Gasteiger partial charge in [-0.2, -0.15) is 0 Å². The number of rotatable bonds is 4. The highest BCUT2D eigenvalue weighted by atomic mass is 16.7. The van der Waals surface area contributed by atoms with E-state index in [2.05, 4.69) is 0 Å². The van der Waals surface area contributed by atoms with Crippen molar-refractivity contribution in [1.29, 1.82) is 0 Å². The summed E-state index contributed by atoms with van der Waals surface area (Å²) in [5, 5.41) is 9.68. The number of carbonyl (C=O) groups is 5. The van der Waals surface area contributed by atoms with Crippen LogP contribution in [0.2, 0.25) is 0 Å². The smallest absolute Gasteiger partial charge is 0.336 e. The van der Waals surface area contributed by atoms with E-state index in [4.69, 9.17) is 4.84 Å². The molecule has 0 radical (unpaired) electrons. The monoisotopic (exact) mass is 366 g/mol. The van der Waals surface area contributed by atoms with E-state index in [0.717, 1.165) is 0 Å². The maximum Gasteiger partial charge on any atom is 0.336 e. The van der Waals surface area contributed by atoms with Gasteiger partial charge >= 0.3 is 5.97 Å². The second kappa shape index (κ2) is 7.14. The van der Waals surface area contributed by atoms with E-state index in [1.165, 1.54) is 4.90 Å². The molecule has 3 rings (SSSR count). The van der Waals surface area contributed by atoms with Crippen LogP contribution in [0.15, 0.2) is 0 Å². The first kappa shape index (κ1) is 18.5. The van der Waals surface area contributed by atoms with Crippen molar-refractivity contribution in [3.63, 3.8) is 0 Å². The van der Waals surface area contributed by atoms with Crippen molar-refractivity contribution in [3.8, 4) is 0 Å². The van der Waals surface area contributed by atoms with Crippen LogP contribution in [0.5, 0.6) is 0 Å². The molecule has 26 heavy (non-hydrogen) atoms. The molecule has 0 aromatic rings. The maximum absolute atomic E-state index is 12.2. The molecule has 2 saturated heterocycles. The first-order valence-electron chi connectivity index (χ1n) is 8.88. The Morgan fingerprint density at radius 3 is 2.19 bits per heavy atom. The molecule has 9 heteroatoms. The van der Waals surface area contributed by atoms with Gasteiger partial charge in [0.15, 0.2) is 0 Å². The van der Waals surface area contributed by atoms with Gasteiger partial charge in [-0.3, -0.25) is 24.1 Å². The number of aliphatic hydroxyl groups excluding tert-OH is 1. The first-order valence-corrected chi connectivity index (χ1v) is 8.88. The molecular weight excluding hydrogens is 344 g/mol. The molecule has 2 atom stereocenters. The summed E-state index contributed by atoms with van der Waals surface area (Å²) in [6.45, 7) is 2.12. The molecule has 0 spiro atoms. The summed E-state index contributed by atoms with van der Waals surface area (Å²) >= 11 is 0. The maximum atomic E-state index is 12.2. The SMILES string of the molecule is CC1CC(=O)N(CC2CCC(C(=O)ON3C(=O)CC(O)C3=O)CC2)C1=O. The van der Waals surface area contributed by atoms with E-state index in [0.29, 0.717) is 37.3 Å². The minimum Gasteiger partial charge on any atom is -0.383 e. The molecule has 4 amide bonds. The lowest BCUT2D eigenvalue weighted by Crippen LogP contribution is -2.39. The largest absolute Gasteiger partial charge is 0.383 e. The summed E-state index contributed by atoms with van der Waals surface area (Å²) in [4.78, 5) is 65.3. The van der Waals surface area contributed by atoms with Crippen molar-refractivity contribution in [2.75, 3.05) is 6.54 Å². The van der Waals surface area contributed by atoms with E-state index in [9.17, 15) is 29.1 Å². The zero-order chi connectivity index (χ0) is 19.0. The molecule has 1 saturated carbocycles. The Bertz CT molecular complexity index is 653. The number of nitrogens with zero attached hydrogens (tertiary/aromatic N) is 2. The van der Waals surface area contributed by atoms with Gasteiger partial charge in [0, 0.05) is 18.9 Å². The van der Waals surface area contributed by atoms with Crippen LogP contribution in [0.3, 0.4) is 0 Å². The van der Waals surface area contributed by atoms with Gasteiger partial charge in [0.25, 0.3) is 11.8 Å². The Balaban J connectivity index is 1.48. The molecule has 1 aliphatic carbocycles. The van der Waals surface area contributed by atoms with Gasteiger partial charge in [-0.1, -0.05) is 12.0 Å². The highest BCUT2D eigenvalue weighted by molar-refractivity contribution is 6.04. The molecule has 142 valence electrons. The van der Waals surface area contributed by atoms with Crippen LogP contribution in [0.4, 0.5) is 0 Å². The average molecular weight is 366 g/mol. The summed E-state index contributed by atoms with van der Waals surface area (Å²) < 4.78 is 0. The van der Waals surface area contributed by atoms with Crippen molar-refractivity contribution in [2.45, 2.75) is 51.6 Å². The molecule has 2 unspecified atom stereocenters. The second-order valence-corrected chi connectivity index (χ2v) is 7.32. The number of aliphatic hydroxyl groups is 1. The minimum atomic E-state index is -1.45. The highest BCUT2D eigenvalue weighted by Crippen LogP contribution is 2.32. The van der Waals surface area contributed by atoms with E-state index in [1.54, 1.807) is 6.92 Å². The lowest BCUT2D eigenvalue weighted by atomic mass is 9.82. The van der Waals surface area contributed by atoms with Gasteiger partial charge in [0.1, 0.15) is 6.10 Å². The predicted octanol–water partition coefficient (Wildman–Crippen LogP) is -0.234. The van der Waals surface area contributed by atoms with Gasteiger partial charge in [0.2, 0.25) is 11.8 Å². The van der Waals surface area contributed by atoms with Crippen LogP contribution in [-0.4, -0.2) is 57.3 Å². The van der Waals surface area contributed by atoms with Crippen molar-refractivity contribution >= 4 is 29.6 Å². The minimum absolute atomic E-state index is 0.133. The van der Waals surface area contributed by atoms with Crippen LogP contribution in [0.25, 0.3) is 0 Å². The van der Waals surface area contributed by atoms with Crippen LogP contribution in [0, 0.1) is 17.8 Å². The summed E-state index contributed by atoms with van der Waals surface area (Å²) in [6.07, 6.45) is 0.705. The summed E-state index contributed by atoms with van der Waals surface area (Å²) in [7, 11) is 0. The fraction of sp³-hybridized carbons (Fsp3) is 0.706. The number of likely N-dealkylation sites (tertiary alicyclic amines) is 1. The molecule has 0 aromatic carbocycles. The number of hydroxylamine groups is 2. The van der Waals surface area contributed by atoms with Gasteiger partial charge in [-0.25, -0.2) is 4.79 Å². The molecule has 1 N–H and O–H groups in total. The van der Waals surface area contributed by atoms with Gasteiger partial charge in [-0.15, -0.1) is 0 Å². The lowest BCUT2D eigenvalue weighted by Gasteiger charge is -2.30. The third-order valence-electron chi connectivity index (χ3n) is 5.35. The highest BCUT2D eigenvalue weighted by Gasteiger charge is 2.42. The third-order valence-corrected chi connectivity index (χ3v) is 5.35. The standard InChI is InChI=1S/C17H22N2O7/c1-9-6-13(21)18(15(9)23)8-10-2-4-11(5-3-10)17(25)26-19-14(22)7-12(20)16(19)24/h9-12,20H,2-8H2,1H3. The Morgan fingerprint density at radius 1 is 1.04 bits per heavy atom. The van der Waals surface area contributed by atoms with Crippen molar-refractivity contribution in [3.05, 3.63) is 0 Å². The quantitative estimate of drug-likeness (QED) is 0.682. The van der Waals surface area contributed by atoms with E-state index >= 15 is 0 Å². The Morgan fingerprint density at radius 2 is 1.69 bits per heavy atom. The molecule has 3 fully saturated rings. The molecule has 3 aliphatic rings. The van der Waals surface area contributed by atoms with Crippen molar-refractivity contribution in [1.82, 2.24) is 9.96 Å². The summed E-state index contributed by atoms with van der Waals surface area (Å²) in [6, 6.07) is 0. The van der Waals surface area contributed by atoms with Crippen molar-refractivity contribution < 1.29 is 33.9 Å². The topological polar surface area (TPSA) is 121 Å². The Hall–Kier alpha value is -2.29. The van der Waals surface area contributed by atoms with Crippen molar-refractivity contribution in [2.24, 2.45) is 17.8 Å². The summed E-state index contributed by atoms with van der Waals surface area (Å²) in [5.74, 6) is -3.18. The second-order valence-electron chi connectivity index (χ2n) is 7.32. The number of carbonyl (C=O) groups excluding carboxylic acids is 5. The fourth-order valence-corrected chi connectivity index (χ4v) is 3.73. The van der Waals surface area contributed by atoms with E-state index < -0.39 is 29.8 Å². The van der Waals surface area contributed by atoms with Crippen LogP contribution in [0.1, 0.15) is 45.4 Å². The summed E-state index contributed by atoms with van der Waals surface area (Å²) in [5.41, 5.74) is 0. The van der Waals surface area contributed by atoms with Crippen LogP contribution < -0.4 is 0 Å². The van der Waals surface area contributed by atoms with Crippen LogP contribution in [-0.2, 0) is 28.8 Å².